The maximum atomic E-state index is 12.4. The van der Waals surface area contributed by atoms with Crippen molar-refractivity contribution in [1.82, 2.24) is 14.9 Å². The summed E-state index contributed by atoms with van der Waals surface area (Å²) in [6, 6.07) is 7.29. The molecule has 1 aromatic carbocycles. The average molecular weight is 402 g/mol. The first-order valence-corrected chi connectivity index (χ1v) is 10.5. The minimum atomic E-state index is -3.40. The van der Waals surface area contributed by atoms with E-state index in [4.69, 9.17) is 0 Å². The van der Waals surface area contributed by atoms with Gasteiger partial charge in [0.1, 0.15) is 0 Å². The summed E-state index contributed by atoms with van der Waals surface area (Å²) in [4.78, 5) is 14.5. The Balaban J connectivity index is 0.00000243. The summed E-state index contributed by atoms with van der Waals surface area (Å²) < 4.78 is 27.0. The molecule has 2 fully saturated rings. The van der Waals surface area contributed by atoms with E-state index in [1.165, 1.54) is 0 Å². The second kappa shape index (κ2) is 9.17. The molecule has 6 nitrogen and oxygen atoms in total. The second-order valence-electron chi connectivity index (χ2n) is 7.03. The Kier molecular flexibility index (Phi) is 7.46. The van der Waals surface area contributed by atoms with Crippen molar-refractivity contribution < 1.29 is 13.2 Å². The predicted octanol–water partition coefficient (Wildman–Crippen LogP) is 1.69. The molecule has 1 heterocycles. The molecule has 146 valence electrons. The molecule has 1 saturated heterocycles. The topological polar surface area (TPSA) is 78.5 Å². The van der Waals surface area contributed by atoms with E-state index in [0.717, 1.165) is 44.3 Å². The molecule has 0 unspecified atom stereocenters. The van der Waals surface area contributed by atoms with Gasteiger partial charge in [0.05, 0.1) is 4.90 Å². The first-order chi connectivity index (χ1) is 12.0. The summed E-state index contributed by atoms with van der Waals surface area (Å²) in [5.41, 5.74) is 0.984. The molecule has 1 aliphatic heterocycles. The van der Waals surface area contributed by atoms with Gasteiger partial charge in [-0.15, -0.1) is 12.4 Å². The lowest BCUT2D eigenvalue weighted by Gasteiger charge is -2.31. The highest BCUT2D eigenvalue weighted by Gasteiger charge is 2.28. The Morgan fingerprint density at radius 1 is 1.15 bits per heavy atom. The SMILES string of the molecule is CN(C(=O)CCc1ccc(S(=O)(=O)NC2CC2)cc1)C1CCNCC1.Cl. The van der Waals surface area contributed by atoms with Crippen LogP contribution in [0.4, 0.5) is 0 Å². The molecular formula is C18H28ClN3O3S. The van der Waals surface area contributed by atoms with E-state index >= 15 is 0 Å². The van der Waals surface area contributed by atoms with E-state index in [2.05, 4.69) is 10.0 Å². The fraction of sp³-hybridized carbons (Fsp3) is 0.611. The maximum Gasteiger partial charge on any atom is 0.240 e. The van der Waals surface area contributed by atoms with E-state index in [0.29, 0.717) is 23.8 Å². The van der Waals surface area contributed by atoms with Gasteiger partial charge >= 0.3 is 0 Å². The average Bonchev–Trinajstić information content (AvgIpc) is 3.43. The zero-order chi connectivity index (χ0) is 17.9. The zero-order valence-corrected chi connectivity index (χ0v) is 16.7. The molecule has 3 rings (SSSR count). The Bertz CT molecular complexity index is 699. The van der Waals surface area contributed by atoms with Crippen LogP contribution in [0.3, 0.4) is 0 Å². The van der Waals surface area contributed by atoms with Crippen molar-refractivity contribution in [3.8, 4) is 0 Å². The van der Waals surface area contributed by atoms with Gasteiger partial charge in [0.15, 0.2) is 0 Å². The van der Waals surface area contributed by atoms with Crippen LogP contribution >= 0.6 is 12.4 Å². The summed E-state index contributed by atoms with van der Waals surface area (Å²) in [6.07, 6.45) is 4.93. The smallest absolute Gasteiger partial charge is 0.240 e. The molecule has 0 spiro atoms. The highest BCUT2D eigenvalue weighted by Crippen LogP contribution is 2.22. The minimum absolute atomic E-state index is 0. The van der Waals surface area contributed by atoms with Gasteiger partial charge in [0, 0.05) is 25.6 Å². The quantitative estimate of drug-likeness (QED) is 0.728. The van der Waals surface area contributed by atoms with Crippen molar-refractivity contribution in [2.75, 3.05) is 20.1 Å². The van der Waals surface area contributed by atoms with Crippen molar-refractivity contribution in [2.24, 2.45) is 0 Å². The number of sulfonamides is 1. The third-order valence-electron chi connectivity index (χ3n) is 5.01. The fourth-order valence-corrected chi connectivity index (χ4v) is 4.45. The maximum absolute atomic E-state index is 12.4. The number of hydrogen-bond acceptors (Lipinski definition) is 4. The largest absolute Gasteiger partial charge is 0.343 e. The van der Waals surface area contributed by atoms with E-state index < -0.39 is 10.0 Å². The number of carbonyl (C=O) groups excluding carboxylic acids is 1. The number of aryl methyl sites for hydroxylation is 1. The number of nitrogens with one attached hydrogen (secondary N) is 2. The normalized spacial score (nSPS) is 18.2. The van der Waals surface area contributed by atoms with Crippen molar-refractivity contribution >= 4 is 28.3 Å². The number of benzene rings is 1. The Hall–Kier alpha value is -1.15. The Labute approximate surface area is 162 Å². The van der Waals surface area contributed by atoms with Crippen LogP contribution in [0.5, 0.6) is 0 Å². The molecule has 1 aromatic rings. The van der Waals surface area contributed by atoms with Crippen LogP contribution < -0.4 is 10.0 Å². The third kappa shape index (κ3) is 5.67. The lowest BCUT2D eigenvalue weighted by atomic mass is 10.0. The second-order valence-corrected chi connectivity index (χ2v) is 8.74. The molecular weight excluding hydrogens is 374 g/mol. The molecule has 1 amide bonds. The van der Waals surface area contributed by atoms with Crippen molar-refractivity contribution in [1.29, 1.82) is 0 Å². The highest BCUT2D eigenvalue weighted by atomic mass is 35.5. The molecule has 2 N–H and O–H groups in total. The number of rotatable bonds is 7. The molecule has 26 heavy (non-hydrogen) atoms. The fourth-order valence-electron chi connectivity index (χ4n) is 3.15. The lowest BCUT2D eigenvalue weighted by Crippen LogP contribution is -2.44. The molecule has 0 radical (unpaired) electrons. The van der Waals surface area contributed by atoms with Crippen LogP contribution in [-0.2, 0) is 21.2 Å². The summed E-state index contributed by atoms with van der Waals surface area (Å²) in [6.45, 7) is 1.93. The van der Waals surface area contributed by atoms with Crippen LogP contribution in [0.1, 0.15) is 37.7 Å². The zero-order valence-electron chi connectivity index (χ0n) is 15.1. The number of piperidine rings is 1. The standard InChI is InChI=1S/C18H27N3O3S.ClH/c1-21(16-10-12-19-13-11-16)18(22)9-4-14-2-7-17(8-3-14)25(23,24)20-15-5-6-15;/h2-3,7-8,15-16,19-20H,4-6,9-13H2,1H3;1H. The minimum Gasteiger partial charge on any atom is -0.343 e. The van der Waals surface area contributed by atoms with Gasteiger partial charge in [-0.05, 0) is 62.9 Å². The van der Waals surface area contributed by atoms with Crippen molar-refractivity contribution in [3.63, 3.8) is 0 Å². The first-order valence-electron chi connectivity index (χ1n) is 9.03. The van der Waals surface area contributed by atoms with E-state index in [9.17, 15) is 13.2 Å². The number of nitrogens with zero attached hydrogens (tertiary/aromatic N) is 1. The van der Waals surface area contributed by atoms with Crippen LogP contribution in [-0.4, -0.2) is 51.4 Å². The van der Waals surface area contributed by atoms with Gasteiger partial charge in [-0.3, -0.25) is 4.79 Å². The van der Waals surface area contributed by atoms with Crippen LogP contribution in [0.15, 0.2) is 29.2 Å². The van der Waals surface area contributed by atoms with Gasteiger partial charge in [-0.2, -0.15) is 0 Å². The molecule has 1 saturated carbocycles. The summed E-state index contributed by atoms with van der Waals surface area (Å²) in [5.74, 6) is 0.152. The van der Waals surface area contributed by atoms with Crippen molar-refractivity contribution in [3.05, 3.63) is 29.8 Å². The number of amides is 1. The molecule has 0 aromatic heterocycles. The molecule has 1 aliphatic carbocycles. The number of hydrogen-bond donors (Lipinski definition) is 2. The van der Waals surface area contributed by atoms with Gasteiger partial charge in [0.2, 0.25) is 15.9 Å². The molecule has 0 atom stereocenters. The summed E-state index contributed by atoms with van der Waals surface area (Å²) in [5, 5.41) is 3.31. The molecule has 0 bridgehead atoms. The number of carbonyl (C=O) groups is 1. The summed E-state index contributed by atoms with van der Waals surface area (Å²) in [7, 11) is -1.52. The van der Waals surface area contributed by atoms with Gasteiger partial charge in [0.25, 0.3) is 0 Å². The Morgan fingerprint density at radius 3 is 2.35 bits per heavy atom. The molecule has 2 aliphatic rings. The number of halogens is 1. The highest BCUT2D eigenvalue weighted by molar-refractivity contribution is 7.89. The van der Waals surface area contributed by atoms with Gasteiger partial charge in [-0.25, -0.2) is 13.1 Å². The third-order valence-corrected chi connectivity index (χ3v) is 6.55. The Morgan fingerprint density at radius 2 is 1.77 bits per heavy atom. The van der Waals surface area contributed by atoms with Gasteiger partial charge < -0.3 is 10.2 Å². The monoisotopic (exact) mass is 401 g/mol. The first kappa shape index (κ1) is 21.2. The summed E-state index contributed by atoms with van der Waals surface area (Å²) >= 11 is 0. The van der Waals surface area contributed by atoms with E-state index in [-0.39, 0.29) is 24.4 Å². The van der Waals surface area contributed by atoms with Crippen LogP contribution in [0.2, 0.25) is 0 Å². The predicted molar refractivity (Wildman–Crippen MR) is 104 cm³/mol. The van der Waals surface area contributed by atoms with Crippen molar-refractivity contribution in [2.45, 2.75) is 55.5 Å². The van der Waals surface area contributed by atoms with Gasteiger partial charge in [-0.1, -0.05) is 12.1 Å². The van der Waals surface area contributed by atoms with Crippen LogP contribution in [0, 0.1) is 0 Å². The van der Waals surface area contributed by atoms with E-state index in [1.54, 1.807) is 24.3 Å². The lowest BCUT2D eigenvalue weighted by molar-refractivity contribution is -0.132. The molecule has 8 heteroatoms. The van der Waals surface area contributed by atoms with Crippen LogP contribution in [0.25, 0.3) is 0 Å². The van der Waals surface area contributed by atoms with E-state index in [1.807, 2.05) is 11.9 Å².